The largest absolute Gasteiger partial charge is 0.474 e. The van der Waals surface area contributed by atoms with Crippen LogP contribution in [-0.4, -0.2) is 16.0 Å². The van der Waals surface area contributed by atoms with Crippen LogP contribution in [0, 0.1) is 5.92 Å². The third-order valence-electron chi connectivity index (χ3n) is 2.50. The van der Waals surface area contributed by atoms with Crippen molar-refractivity contribution in [2.75, 3.05) is 0 Å². The number of ether oxygens (including phenoxy) is 1. The molecule has 0 aromatic heterocycles. The van der Waals surface area contributed by atoms with Crippen molar-refractivity contribution in [2.45, 2.75) is 52.2 Å². The summed E-state index contributed by atoms with van der Waals surface area (Å²) in [6.07, 6.45) is 5.80. The lowest BCUT2D eigenvalue weighted by atomic mass is 9.90. The Morgan fingerprint density at radius 3 is 1.88 bits per heavy atom. The van der Waals surface area contributed by atoms with Gasteiger partial charge >= 0.3 is 0 Å². The third kappa shape index (κ3) is 8.50. The fourth-order valence-corrected chi connectivity index (χ4v) is 1.47. The van der Waals surface area contributed by atoms with Gasteiger partial charge in [0.05, 0.1) is 12.5 Å². The molecule has 0 amide bonds. The van der Waals surface area contributed by atoms with Crippen LogP contribution in [0.3, 0.4) is 0 Å². The molecule has 0 aliphatic carbocycles. The smallest absolute Gasteiger partial charge is 0.165 e. The van der Waals surface area contributed by atoms with Crippen molar-refractivity contribution < 1.29 is 14.9 Å². The molecule has 96 valence electrons. The predicted molar refractivity (Wildman–Crippen MR) is 67.6 cm³/mol. The van der Waals surface area contributed by atoms with Crippen molar-refractivity contribution in [3.8, 4) is 0 Å². The van der Waals surface area contributed by atoms with E-state index in [2.05, 4.69) is 24.8 Å². The lowest BCUT2D eigenvalue weighted by molar-refractivity contribution is -0.204. The molecular formula is C13H26O3. The molecular weight excluding hydrogens is 204 g/mol. The van der Waals surface area contributed by atoms with Crippen LogP contribution in [0.2, 0.25) is 0 Å². The Kier molecular flexibility index (Phi) is 11.8. The highest BCUT2D eigenvalue weighted by atomic mass is 16.5. The van der Waals surface area contributed by atoms with Crippen molar-refractivity contribution in [2.24, 2.45) is 5.92 Å². The molecule has 1 atom stereocenters. The van der Waals surface area contributed by atoms with Gasteiger partial charge < -0.3 is 14.9 Å². The Bertz CT molecular complexity index is 170. The summed E-state index contributed by atoms with van der Waals surface area (Å²) in [6.45, 7) is 12.4. The van der Waals surface area contributed by atoms with Crippen molar-refractivity contribution >= 4 is 0 Å². The summed E-state index contributed by atoms with van der Waals surface area (Å²) < 4.78 is 4.36. The maximum absolute atomic E-state index is 9.47. The average molecular weight is 230 g/mol. The van der Waals surface area contributed by atoms with Crippen LogP contribution >= 0.6 is 0 Å². The van der Waals surface area contributed by atoms with Gasteiger partial charge in [-0.25, -0.2) is 0 Å². The highest BCUT2D eigenvalue weighted by Crippen LogP contribution is 2.25. The zero-order chi connectivity index (χ0) is 13.0. The van der Waals surface area contributed by atoms with Crippen LogP contribution in [0.5, 0.6) is 0 Å². The van der Waals surface area contributed by atoms with Gasteiger partial charge in [0.25, 0.3) is 0 Å². The molecule has 0 aliphatic heterocycles. The Morgan fingerprint density at radius 2 is 1.69 bits per heavy atom. The average Bonchev–Trinajstić information content (AvgIpc) is 2.27. The van der Waals surface area contributed by atoms with Crippen molar-refractivity contribution in [3.63, 3.8) is 0 Å². The highest BCUT2D eigenvalue weighted by Gasteiger charge is 2.29. The van der Waals surface area contributed by atoms with E-state index < -0.39 is 5.79 Å². The molecule has 3 heteroatoms. The molecule has 0 rings (SSSR count). The van der Waals surface area contributed by atoms with Crippen LogP contribution in [0.1, 0.15) is 46.5 Å². The molecule has 16 heavy (non-hydrogen) atoms. The fourth-order valence-electron chi connectivity index (χ4n) is 1.47. The summed E-state index contributed by atoms with van der Waals surface area (Å²) >= 11 is 0. The van der Waals surface area contributed by atoms with Gasteiger partial charge in [-0.15, -0.1) is 0 Å². The number of rotatable bonds is 7. The zero-order valence-corrected chi connectivity index (χ0v) is 10.8. The second-order valence-corrected chi connectivity index (χ2v) is 3.60. The monoisotopic (exact) mass is 230 g/mol. The van der Waals surface area contributed by atoms with Gasteiger partial charge in [-0.3, -0.25) is 0 Å². The lowest BCUT2D eigenvalue weighted by Gasteiger charge is -2.29. The van der Waals surface area contributed by atoms with E-state index >= 15 is 0 Å². The van der Waals surface area contributed by atoms with E-state index in [1.807, 2.05) is 6.92 Å². The summed E-state index contributed by atoms with van der Waals surface area (Å²) in [6, 6.07) is 0. The van der Waals surface area contributed by atoms with E-state index in [0.717, 1.165) is 19.3 Å². The SMILES string of the molecule is C=COC=C.CCCC(CC)C(O)(O)CC. The molecule has 0 fully saturated rings. The number of hydrogen-bond donors (Lipinski definition) is 2. The molecule has 0 aliphatic rings. The second kappa shape index (κ2) is 10.7. The molecule has 0 aromatic rings. The predicted octanol–water partition coefficient (Wildman–Crippen LogP) is 3.19. The number of aliphatic hydroxyl groups is 2. The summed E-state index contributed by atoms with van der Waals surface area (Å²) in [5.74, 6) is -1.40. The molecule has 0 bridgehead atoms. The topological polar surface area (TPSA) is 49.7 Å². The van der Waals surface area contributed by atoms with E-state index in [1.54, 1.807) is 6.92 Å². The zero-order valence-electron chi connectivity index (χ0n) is 10.8. The molecule has 0 saturated heterocycles. The normalized spacial score (nSPS) is 12.1. The van der Waals surface area contributed by atoms with Crippen LogP contribution in [-0.2, 0) is 4.74 Å². The highest BCUT2D eigenvalue weighted by molar-refractivity contribution is 4.72. The quantitative estimate of drug-likeness (QED) is 0.521. The Balaban J connectivity index is 0. The minimum Gasteiger partial charge on any atom is -0.474 e. The Hall–Kier alpha value is -0.800. The van der Waals surface area contributed by atoms with Gasteiger partial charge in [-0.2, -0.15) is 0 Å². The Morgan fingerprint density at radius 1 is 1.19 bits per heavy atom. The van der Waals surface area contributed by atoms with E-state index in [-0.39, 0.29) is 5.92 Å². The maximum atomic E-state index is 9.47. The van der Waals surface area contributed by atoms with Crippen LogP contribution in [0.4, 0.5) is 0 Å². The van der Waals surface area contributed by atoms with Crippen molar-refractivity contribution in [3.05, 3.63) is 25.7 Å². The fraction of sp³-hybridized carbons (Fsp3) is 0.692. The molecule has 0 heterocycles. The second-order valence-electron chi connectivity index (χ2n) is 3.60. The number of hydrogen-bond acceptors (Lipinski definition) is 3. The lowest BCUT2D eigenvalue weighted by Crippen LogP contribution is -2.36. The summed E-state index contributed by atoms with van der Waals surface area (Å²) in [4.78, 5) is 0. The third-order valence-corrected chi connectivity index (χ3v) is 2.50. The van der Waals surface area contributed by atoms with Crippen LogP contribution < -0.4 is 0 Å². The summed E-state index contributed by atoms with van der Waals surface area (Å²) in [5, 5.41) is 18.9. The first-order chi connectivity index (χ1) is 7.49. The molecule has 0 radical (unpaired) electrons. The Labute approximate surface area is 99.4 Å². The molecule has 0 spiro atoms. The minimum absolute atomic E-state index is 0.0394. The van der Waals surface area contributed by atoms with Crippen LogP contribution in [0.15, 0.2) is 25.7 Å². The first-order valence-electron chi connectivity index (χ1n) is 5.82. The molecule has 2 N–H and O–H groups in total. The molecule has 1 unspecified atom stereocenters. The molecule has 3 nitrogen and oxygen atoms in total. The maximum Gasteiger partial charge on any atom is 0.165 e. The summed E-state index contributed by atoms with van der Waals surface area (Å²) in [7, 11) is 0. The van der Waals surface area contributed by atoms with Gasteiger partial charge in [0.15, 0.2) is 5.79 Å². The van der Waals surface area contributed by atoms with Gasteiger partial charge in [0, 0.05) is 5.92 Å². The van der Waals surface area contributed by atoms with Crippen molar-refractivity contribution in [1.29, 1.82) is 0 Å². The van der Waals surface area contributed by atoms with E-state index in [0.29, 0.717) is 6.42 Å². The van der Waals surface area contributed by atoms with Crippen LogP contribution in [0.25, 0.3) is 0 Å². The van der Waals surface area contributed by atoms with Gasteiger partial charge in [-0.1, -0.05) is 40.3 Å². The van der Waals surface area contributed by atoms with Crippen molar-refractivity contribution in [1.82, 2.24) is 0 Å². The first kappa shape index (κ1) is 17.6. The van der Waals surface area contributed by atoms with Gasteiger partial charge in [0.2, 0.25) is 0 Å². The van der Waals surface area contributed by atoms with E-state index in [1.165, 1.54) is 12.5 Å². The van der Waals surface area contributed by atoms with Gasteiger partial charge in [0.1, 0.15) is 0 Å². The minimum atomic E-state index is -1.44. The standard InChI is InChI=1S/C9H20O2.C4H6O/c1-4-7-8(5-2)9(10,11)6-3;1-3-5-4-2/h8,10-11H,4-7H2,1-3H3;3-4H,1-2H2. The van der Waals surface area contributed by atoms with E-state index in [9.17, 15) is 10.2 Å². The summed E-state index contributed by atoms with van der Waals surface area (Å²) in [5.41, 5.74) is 0. The molecule has 0 saturated carbocycles. The van der Waals surface area contributed by atoms with E-state index in [4.69, 9.17) is 0 Å². The first-order valence-corrected chi connectivity index (χ1v) is 5.82. The molecule has 0 aromatic carbocycles. The van der Waals surface area contributed by atoms with Gasteiger partial charge in [-0.05, 0) is 19.3 Å².